The molecule has 0 radical (unpaired) electrons. The molecule has 124 valence electrons. The number of carbonyl (C=O) groups excluding carboxylic acids is 2. The summed E-state index contributed by atoms with van der Waals surface area (Å²) < 4.78 is 0. The summed E-state index contributed by atoms with van der Waals surface area (Å²) in [4.78, 5) is 38.6. The number of rotatable bonds is 3. The van der Waals surface area contributed by atoms with E-state index in [0.29, 0.717) is 24.6 Å². The van der Waals surface area contributed by atoms with Gasteiger partial charge in [0.25, 0.3) is 5.91 Å². The Hall–Kier alpha value is -1.89. The van der Waals surface area contributed by atoms with Crippen LogP contribution >= 0.6 is 11.3 Å². The normalized spacial score (nSPS) is 24.0. The van der Waals surface area contributed by atoms with Crippen molar-refractivity contribution in [3.63, 3.8) is 0 Å². The van der Waals surface area contributed by atoms with Crippen molar-refractivity contribution >= 4 is 29.1 Å². The van der Waals surface area contributed by atoms with Gasteiger partial charge in [-0.05, 0) is 30.7 Å². The van der Waals surface area contributed by atoms with Crippen molar-refractivity contribution in [2.24, 2.45) is 5.92 Å². The molecule has 2 amide bonds. The van der Waals surface area contributed by atoms with Crippen LogP contribution in [0.15, 0.2) is 5.38 Å². The number of thiophene rings is 1. The van der Waals surface area contributed by atoms with Crippen molar-refractivity contribution in [1.29, 1.82) is 0 Å². The second kappa shape index (κ2) is 6.31. The molecule has 2 unspecified atom stereocenters. The van der Waals surface area contributed by atoms with E-state index in [1.807, 2.05) is 5.38 Å². The van der Waals surface area contributed by atoms with Crippen molar-refractivity contribution in [3.8, 4) is 0 Å². The molecule has 0 aromatic carbocycles. The average Bonchev–Trinajstić information content (AvgIpc) is 2.91. The van der Waals surface area contributed by atoms with E-state index in [-0.39, 0.29) is 18.2 Å². The summed E-state index contributed by atoms with van der Waals surface area (Å²) in [5.41, 5.74) is 1.75. The molecule has 1 aromatic heterocycles. The molecule has 1 aliphatic carbocycles. The third-order valence-electron chi connectivity index (χ3n) is 4.59. The first kappa shape index (κ1) is 16.0. The maximum atomic E-state index is 12.9. The fourth-order valence-electron chi connectivity index (χ4n) is 3.34. The number of fused-ring (bicyclic) bond motifs is 1. The Morgan fingerprint density at radius 2 is 2.26 bits per heavy atom. The quantitative estimate of drug-likeness (QED) is 0.871. The van der Waals surface area contributed by atoms with Gasteiger partial charge in [-0.2, -0.15) is 0 Å². The van der Waals surface area contributed by atoms with Gasteiger partial charge in [-0.15, -0.1) is 11.3 Å². The number of carboxylic acid groups (broad SMARTS) is 1. The number of nitrogens with zero attached hydrogens (tertiary/aromatic N) is 1. The summed E-state index contributed by atoms with van der Waals surface area (Å²) in [6.45, 7) is 2.93. The summed E-state index contributed by atoms with van der Waals surface area (Å²) in [5, 5.41) is 13.5. The van der Waals surface area contributed by atoms with E-state index in [2.05, 4.69) is 12.2 Å². The van der Waals surface area contributed by atoms with Gasteiger partial charge in [-0.3, -0.25) is 14.4 Å². The molecule has 2 heterocycles. The van der Waals surface area contributed by atoms with E-state index >= 15 is 0 Å². The predicted molar refractivity (Wildman–Crippen MR) is 85.6 cm³/mol. The van der Waals surface area contributed by atoms with Gasteiger partial charge in [-0.25, -0.2) is 0 Å². The maximum Gasteiger partial charge on any atom is 0.305 e. The van der Waals surface area contributed by atoms with Crippen LogP contribution in [-0.4, -0.2) is 46.9 Å². The minimum absolute atomic E-state index is 0.210. The first-order valence-corrected chi connectivity index (χ1v) is 8.75. The van der Waals surface area contributed by atoms with Crippen molar-refractivity contribution < 1.29 is 19.5 Å². The molecule has 3 rings (SSSR count). The van der Waals surface area contributed by atoms with Crippen molar-refractivity contribution in [2.75, 3.05) is 13.1 Å². The Balaban J connectivity index is 1.86. The molecule has 2 atom stereocenters. The van der Waals surface area contributed by atoms with Crippen LogP contribution in [0.1, 0.15) is 40.6 Å². The fourth-order valence-corrected chi connectivity index (χ4v) is 4.58. The molecule has 1 aromatic rings. The Labute approximate surface area is 138 Å². The van der Waals surface area contributed by atoms with Gasteiger partial charge in [-0.1, -0.05) is 6.92 Å². The molecule has 1 fully saturated rings. The number of carbonyl (C=O) groups is 3. The minimum Gasteiger partial charge on any atom is -0.481 e. The van der Waals surface area contributed by atoms with Crippen LogP contribution in [0.25, 0.3) is 0 Å². The van der Waals surface area contributed by atoms with Crippen LogP contribution in [0.5, 0.6) is 0 Å². The molecule has 2 N–H and O–H groups in total. The molecule has 23 heavy (non-hydrogen) atoms. The van der Waals surface area contributed by atoms with Gasteiger partial charge in [0.15, 0.2) is 0 Å². The molecule has 0 saturated carbocycles. The molecule has 1 saturated heterocycles. The lowest BCUT2D eigenvalue weighted by Crippen LogP contribution is -2.57. The minimum atomic E-state index is -1.08. The second-order valence-corrected chi connectivity index (χ2v) is 7.27. The Kier molecular flexibility index (Phi) is 4.39. The smallest absolute Gasteiger partial charge is 0.305 e. The van der Waals surface area contributed by atoms with E-state index < -0.39 is 12.0 Å². The van der Waals surface area contributed by atoms with Gasteiger partial charge in [0.05, 0.1) is 12.0 Å². The monoisotopic (exact) mass is 336 g/mol. The van der Waals surface area contributed by atoms with Crippen LogP contribution in [0.3, 0.4) is 0 Å². The lowest BCUT2D eigenvalue weighted by Gasteiger charge is -2.34. The Morgan fingerprint density at radius 3 is 3.00 bits per heavy atom. The zero-order valence-electron chi connectivity index (χ0n) is 13.0. The van der Waals surface area contributed by atoms with Gasteiger partial charge >= 0.3 is 5.97 Å². The summed E-state index contributed by atoms with van der Waals surface area (Å²) >= 11 is 1.60. The number of nitrogens with one attached hydrogen (secondary N) is 1. The standard InChI is InChI=1S/C16H20N2O4S/c1-9-2-3-10-11(8-23-13(10)6-9)16(22)18-5-4-17-15(21)12(18)7-14(19)20/h8-9,12H,2-7H2,1H3,(H,17,21)(H,19,20). The number of amides is 2. The van der Waals surface area contributed by atoms with E-state index in [1.54, 1.807) is 11.3 Å². The van der Waals surface area contributed by atoms with Crippen LogP contribution < -0.4 is 5.32 Å². The Bertz CT molecular complexity index is 655. The first-order valence-electron chi connectivity index (χ1n) is 7.87. The first-order chi connectivity index (χ1) is 11.0. The molecular formula is C16H20N2O4S. The molecule has 1 aliphatic heterocycles. The fraction of sp³-hybridized carbons (Fsp3) is 0.562. The molecule has 7 heteroatoms. The highest BCUT2D eigenvalue weighted by Gasteiger charge is 2.36. The van der Waals surface area contributed by atoms with E-state index in [0.717, 1.165) is 24.8 Å². The van der Waals surface area contributed by atoms with Gasteiger partial charge in [0.2, 0.25) is 5.91 Å². The topological polar surface area (TPSA) is 86.7 Å². The Morgan fingerprint density at radius 1 is 1.48 bits per heavy atom. The summed E-state index contributed by atoms with van der Waals surface area (Å²) in [7, 11) is 0. The third-order valence-corrected chi connectivity index (χ3v) is 5.64. The van der Waals surface area contributed by atoms with Gasteiger partial charge in [0, 0.05) is 23.3 Å². The van der Waals surface area contributed by atoms with E-state index in [1.165, 1.54) is 9.78 Å². The molecule has 2 aliphatic rings. The van der Waals surface area contributed by atoms with Crippen LogP contribution in [0.4, 0.5) is 0 Å². The number of piperazine rings is 1. The van der Waals surface area contributed by atoms with Crippen molar-refractivity contribution in [2.45, 2.75) is 38.6 Å². The summed E-state index contributed by atoms with van der Waals surface area (Å²) in [5.74, 6) is -1.04. The van der Waals surface area contributed by atoms with Crippen LogP contribution in [0.2, 0.25) is 0 Å². The number of hydrogen-bond acceptors (Lipinski definition) is 4. The number of carboxylic acids is 1. The predicted octanol–water partition coefficient (Wildman–Crippen LogP) is 1.29. The van der Waals surface area contributed by atoms with Gasteiger partial charge in [0.1, 0.15) is 6.04 Å². The lowest BCUT2D eigenvalue weighted by atomic mass is 9.88. The van der Waals surface area contributed by atoms with Crippen LogP contribution in [-0.2, 0) is 22.4 Å². The van der Waals surface area contributed by atoms with E-state index in [4.69, 9.17) is 5.11 Å². The highest BCUT2D eigenvalue weighted by atomic mass is 32.1. The van der Waals surface area contributed by atoms with Crippen LogP contribution in [0, 0.1) is 5.92 Å². The van der Waals surface area contributed by atoms with Crippen molar-refractivity contribution in [1.82, 2.24) is 10.2 Å². The third kappa shape index (κ3) is 3.10. The average molecular weight is 336 g/mol. The molecular weight excluding hydrogens is 316 g/mol. The maximum absolute atomic E-state index is 12.9. The second-order valence-electron chi connectivity index (χ2n) is 6.30. The van der Waals surface area contributed by atoms with E-state index in [9.17, 15) is 14.4 Å². The zero-order valence-corrected chi connectivity index (χ0v) is 13.8. The summed E-state index contributed by atoms with van der Waals surface area (Å²) in [6.07, 6.45) is 2.57. The SMILES string of the molecule is CC1CCc2c(C(=O)N3CCNC(=O)C3CC(=O)O)csc2C1. The largest absolute Gasteiger partial charge is 0.481 e. The number of hydrogen-bond donors (Lipinski definition) is 2. The summed E-state index contributed by atoms with van der Waals surface area (Å²) in [6, 6.07) is -0.924. The molecule has 6 nitrogen and oxygen atoms in total. The molecule has 0 spiro atoms. The number of aliphatic carboxylic acids is 1. The highest BCUT2D eigenvalue weighted by molar-refractivity contribution is 7.10. The highest BCUT2D eigenvalue weighted by Crippen LogP contribution is 2.33. The van der Waals surface area contributed by atoms with Gasteiger partial charge < -0.3 is 15.3 Å². The lowest BCUT2D eigenvalue weighted by molar-refractivity contribution is -0.142. The molecule has 0 bridgehead atoms. The van der Waals surface area contributed by atoms with Crippen molar-refractivity contribution in [3.05, 3.63) is 21.4 Å². The zero-order chi connectivity index (χ0) is 16.6.